The molecule has 0 fully saturated rings. The number of amides is 1. The molecule has 1 amide bonds. The molecule has 0 bridgehead atoms. The van der Waals surface area contributed by atoms with Gasteiger partial charge in [0.1, 0.15) is 18.4 Å². The number of fused-ring (bicyclic) bond motifs is 1. The molecule has 4 rings (SSSR count). The summed E-state index contributed by atoms with van der Waals surface area (Å²) in [4.78, 5) is 16.2. The molecule has 0 saturated carbocycles. The summed E-state index contributed by atoms with van der Waals surface area (Å²) in [5, 5.41) is 9.23. The summed E-state index contributed by atoms with van der Waals surface area (Å²) < 4.78 is 8.45. The van der Waals surface area contributed by atoms with Gasteiger partial charge in [-0.05, 0) is 46.2 Å². The van der Waals surface area contributed by atoms with Crippen LogP contribution in [0.3, 0.4) is 0 Å². The fourth-order valence-electron chi connectivity index (χ4n) is 3.05. The van der Waals surface area contributed by atoms with E-state index in [9.17, 15) is 4.79 Å². The average Bonchev–Trinajstić information content (AvgIpc) is 3.24. The molecule has 0 spiro atoms. The summed E-state index contributed by atoms with van der Waals surface area (Å²) in [5.41, 5.74) is 2.12. The van der Waals surface area contributed by atoms with Crippen molar-refractivity contribution in [2.24, 2.45) is 0 Å². The highest BCUT2D eigenvalue weighted by atomic mass is 79.9. The van der Waals surface area contributed by atoms with E-state index < -0.39 is 0 Å². The molecule has 0 aliphatic rings. The van der Waals surface area contributed by atoms with Crippen molar-refractivity contribution < 1.29 is 9.53 Å². The van der Waals surface area contributed by atoms with E-state index in [-0.39, 0.29) is 12.5 Å². The Labute approximate surface area is 176 Å². The molecule has 1 heterocycles. The van der Waals surface area contributed by atoms with Crippen molar-refractivity contribution >= 4 is 32.6 Å². The zero-order valence-corrected chi connectivity index (χ0v) is 17.2. The molecule has 1 N–H and O–H groups in total. The van der Waals surface area contributed by atoms with Crippen LogP contribution in [-0.4, -0.2) is 27.3 Å². The number of rotatable bonds is 7. The molecule has 0 aliphatic carbocycles. The number of halogens is 1. The maximum absolute atomic E-state index is 12.3. The molecule has 0 saturated heterocycles. The zero-order chi connectivity index (χ0) is 20.1. The number of hydrogen-bond acceptors (Lipinski definition) is 4. The van der Waals surface area contributed by atoms with Crippen LogP contribution in [0.25, 0.3) is 10.8 Å². The first kappa shape index (κ1) is 19.1. The molecule has 0 atom stereocenters. The van der Waals surface area contributed by atoms with Gasteiger partial charge in [0.05, 0.1) is 6.54 Å². The van der Waals surface area contributed by atoms with Crippen LogP contribution in [0.2, 0.25) is 0 Å². The zero-order valence-electron chi connectivity index (χ0n) is 15.6. The summed E-state index contributed by atoms with van der Waals surface area (Å²) in [6.07, 6.45) is 3.18. The molecule has 29 heavy (non-hydrogen) atoms. The van der Waals surface area contributed by atoms with E-state index in [1.807, 2.05) is 60.7 Å². The minimum Gasteiger partial charge on any atom is -0.484 e. The molecule has 1 aromatic heterocycles. The lowest BCUT2D eigenvalue weighted by Crippen LogP contribution is -2.28. The maximum Gasteiger partial charge on any atom is 0.258 e. The Kier molecular flexibility index (Phi) is 5.86. The summed E-state index contributed by atoms with van der Waals surface area (Å²) in [6, 6.07) is 19.8. The standard InChI is InChI=1S/C22H19BrN4O2/c23-20-7-5-17-10-21(8-6-16(17)9-20)29-13-22(28)25-11-18-3-1-2-4-19(18)12-27-15-24-14-26-27/h1-10,14-15H,11-13H2,(H,25,28). The lowest BCUT2D eigenvalue weighted by Gasteiger charge is -2.11. The highest BCUT2D eigenvalue weighted by Gasteiger charge is 2.07. The Morgan fingerprint density at radius 3 is 2.66 bits per heavy atom. The SMILES string of the molecule is O=C(COc1ccc2cc(Br)ccc2c1)NCc1ccccc1Cn1cncn1. The fraction of sp³-hybridized carbons (Fsp3) is 0.136. The van der Waals surface area contributed by atoms with E-state index in [2.05, 4.69) is 31.3 Å². The van der Waals surface area contributed by atoms with E-state index in [1.165, 1.54) is 6.33 Å². The van der Waals surface area contributed by atoms with Crippen LogP contribution in [0.4, 0.5) is 0 Å². The molecule has 4 aromatic rings. The van der Waals surface area contributed by atoms with Gasteiger partial charge in [-0.2, -0.15) is 5.10 Å². The van der Waals surface area contributed by atoms with Crippen molar-refractivity contribution in [3.05, 3.63) is 88.9 Å². The van der Waals surface area contributed by atoms with Crippen molar-refractivity contribution in [2.45, 2.75) is 13.1 Å². The monoisotopic (exact) mass is 450 g/mol. The minimum absolute atomic E-state index is 0.0344. The predicted octanol–water partition coefficient (Wildman–Crippen LogP) is 3.94. The number of carbonyl (C=O) groups is 1. The van der Waals surface area contributed by atoms with E-state index in [0.29, 0.717) is 18.8 Å². The van der Waals surface area contributed by atoms with Gasteiger partial charge in [-0.25, -0.2) is 9.67 Å². The smallest absolute Gasteiger partial charge is 0.258 e. The molecule has 0 aliphatic heterocycles. The minimum atomic E-state index is -0.170. The maximum atomic E-state index is 12.3. The van der Waals surface area contributed by atoms with Gasteiger partial charge in [-0.15, -0.1) is 0 Å². The van der Waals surface area contributed by atoms with Crippen LogP contribution in [0.5, 0.6) is 5.75 Å². The van der Waals surface area contributed by atoms with E-state index in [0.717, 1.165) is 26.4 Å². The van der Waals surface area contributed by atoms with Gasteiger partial charge < -0.3 is 10.1 Å². The molecule has 3 aromatic carbocycles. The summed E-state index contributed by atoms with van der Waals surface area (Å²) in [6.45, 7) is 1.00. The number of carbonyl (C=O) groups excluding carboxylic acids is 1. The molecule has 0 unspecified atom stereocenters. The first-order valence-corrected chi connectivity index (χ1v) is 9.95. The Balaban J connectivity index is 1.33. The molecule has 6 nitrogen and oxygen atoms in total. The second-order valence-corrected chi connectivity index (χ2v) is 7.50. The fourth-order valence-corrected chi connectivity index (χ4v) is 3.43. The molecular formula is C22H19BrN4O2. The number of benzene rings is 3. The first-order valence-electron chi connectivity index (χ1n) is 9.15. The van der Waals surface area contributed by atoms with Gasteiger partial charge in [0.2, 0.25) is 0 Å². The number of nitrogens with one attached hydrogen (secondary N) is 1. The number of ether oxygens (including phenoxy) is 1. The van der Waals surface area contributed by atoms with Crippen molar-refractivity contribution in [2.75, 3.05) is 6.61 Å². The van der Waals surface area contributed by atoms with Gasteiger partial charge >= 0.3 is 0 Å². The van der Waals surface area contributed by atoms with Gasteiger partial charge in [0.25, 0.3) is 5.91 Å². The third-order valence-corrected chi connectivity index (χ3v) is 5.03. The molecule has 146 valence electrons. The van der Waals surface area contributed by atoms with Gasteiger partial charge in [0.15, 0.2) is 6.61 Å². The van der Waals surface area contributed by atoms with Crippen LogP contribution in [0, 0.1) is 0 Å². The van der Waals surface area contributed by atoms with E-state index >= 15 is 0 Å². The quantitative estimate of drug-likeness (QED) is 0.462. The van der Waals surface area contributed by atoms with Crippen LogP contribution in [0.1, 0.15) is 11.1 Å². The summed E-state index contributed by atoms with van der Waals surface area (Å²) in [5.74, 6) is 0.498. The van der Waals surface area contributed by atoms with Gasteiger partial charge in [-0.1, -0.05) is 52.3 Å². The van der Waals surface area contributed by atoms with Crippen molar-refractivity contribution in [3.63, 3.8) is 0 Å². The van der Waals surface area contributed by atoms with Crippen LogP contribution < -0.4 is 10.1 Å². The Hall–Kier alpha value is -3.19. The third kappa shape index (κ3) is 5.00. The van der Waals surface area contributed by atoms with E-state index in [1.54, 1.807) is 11.0 Å². The van der Waals surface area contributed by atoms with Crippen molar-refractivity contribution in [1.29, 1.82) is 0 Å². The highest BCUT2D eigenvalue weighted by Crippen LogP contribution is 2.24. The number of hydrogen-bond donors (Lipinski definition) is 1. The summed E-state index contributed by atoms with van der Waals surface area (Å²) >= 11 is 3.47. The first-order chi connectivity index (χ1) is 14.2. The second kappa shape index (κ2) is 8.87. The molecule has 7 heteroatoms. The lowest BCUT2D eigenvalue weighted by atomic mass is 10.1. The predicted molar refractivity (Wildman–Crippen MR) is 115 cm³/mol. The van der Waals surface area contributed by atoms with E-state index in [4.69, 9.17) is 4.74 Å². The van der Waals surface area contributed by atoms with Crippen LogP contribution >= 0.6 is 15.9 Å². The number of nitrogens with zero attached hydrogens (tertiary/aromatic N) is 3. The Bertz CT molecular complexity index is 1130. The van der Waals surface area contributed by atoms with Crippen molar-refractivity contribution in [3.8, 4) is 5.75 Å². The average molecular weight is 451 g/mol. The normalized spacial score (nSPS) is 10.8. The lowest BCUT2D eigenvalue weighted by molar-refractivity contribution is -0.123. The third-order valence-electron chi connectivity index (χ3n) is 4.54. The molecule has 0 radical (unpaired) electrons. The van der Waals surface area contributed by atoms with Crippen LogP contribution in [-0.2, 0) is 17.9 Å². The van der Waals surface area contributed by atoms with Crippen LogP contribution in [0.15, 0.2) is 77.8 Å². The van der Waals surface area contributed by atoms with Gasteiger partial charge in [-0.3, -0.25) is 4.79 Å². The van der Waals surface area contributed by atoms with Crippen molar-refractivity contribution in [1.82, 2.24) is 20.1 Å². The topological polar surface area (TPSA) is 69.0 Å². The summed E-state index contributed by atoms with van der Waals surface area (Å²) in [7, 11) is 0. The molecular weight excluding hydrogens is 432 g/mol. The Morgan fingerprint density at radius 1 is 1.03 bits per heavy atom. The second-order valence-electron chi connectivity index (χ2n) is 6.58. The van der Waals surface area contributed by atoms with Gasteiger partial charge in [0, 0.05) is 11.0 Å². The highest BCUT2D eigenvalue weighted by molar-refractivity contribution is 9.10. The number of aromatic nitrogens is 3. The Morgan fingerprint density at radius 2 is 1.83 bits per heavy atom. The largest absolute Gasteiger partial charge is 0.484 e.